The van der Waals surface area contributed by atoms with E-state index in [4.69, 9.17) is 11.6 Å². The van der Waals surface area contributed by atoms with Crippen molar-refractivity contribution in [3.05, 3.63) is 53.1 Å². The predicted octanol–water partition coefficient (Wildman–Crippen LogP) is 4.02. The van der Waals surface area contributed by atoms with Crippen LogP contribution in [0.3, 0.4) is 0 Å². The Labute approximate surface area is 94.0 Å². The molecule has 0 aliphatic carbocycles. The van der Waals surface area contributed by atoms with E-state index in [1.165, 1.54) is 0 Å². The van der Waals surface area contributed by atoms with Crippen molar-refractivity contribution in [2.45, 2.75) is 6.92 Å². The Morgan fingerprint density at radius 1 is 1.07 bits per heavy atom. The summed E-state index contributed by atoms with van der Waals surface area (Å²) >= 11 is 6.07. The average molecular weight is 219 g/mol. The van der Waals surface area contributed by atoms with Crippen molar-refractivity contribution < 1.29 is 5.11 Å². The Morgan fingerprint density at radius 3 is 2.47 bits per heavy atom. The molecule has 0 saturated carbocycles. The molecule has 2 aromatic carbocycles. The Bertz CT molecular complexity index is 492. The SMILES string of the molecule is Cc1ccc(-c2ccccc2Cl)cc1O. The van der Waals surface area contributed by atoms with Gasteiger partial charge in [-0.15, -0.1) is 0 Å². The number of hydrogen-bond donors (Lipinski definition) is 1. The van der Waals surface area contributed by atoms with E-state index in [-0.39, 0.29) is 0 Å². The molecule has 15 heavy (non-hydrogen) atoms. The maximum absolute atomic E-state index is 9.61. The first-order valence-corrected chi connectivity index (χ1v) is 5.11. The third-order valence-electron chi connectivity index (χ3n) is 2.39. The molecule has 0 aliphatic rings. The largest absolute Gasteiger partial charge is 0.508 e. The van der Waals surface area contributed by atoms with Gasteiger partial charge in [0.05, 0.1) is 0 Å². The smallest absolute Gasteiger partial charge is 0.119 e. The number of aryl methyl sites for hydroxylation is 1. The molecule has 76 valence electrons. The first-order chi connectivity index (χ1) is 7.18. The highest BCUT2D eigenvalue weighted by Gasteiger charge is 2.04. The summed E-state index contributed by atoms with van der Waals surface area (Å²) in [6.45, 7) is 1.87. The predicted molar refractivity (Wildman–Crippen MR) is 63.3 cm³/mol. The van der Waals surface area contributed by atoms with Crippen molar-refractivity contribution in [1.29, 1.82) is 0 Å². The monoisotopic (exact) mass is 218 g/mol. The number of halogens is 1. The Morgan fingerprint density at radius 2 is 1.80 bits per heavy atom. The van der Waals surface area contributed by atoms with Crippen LogP contribution in [-0.2, 0) is 0 Å². The van der Waals surface area contributed by atoms with Gasteiger partial charge in [0.1, 0.15) is 5.75 Å². The standard InChI is InChI=1S/C13H11ClO/c1-9-6-7-10(8-13(9)15)11-4-2-3-5-12(11)14/h2-8,15H,1H3. The van der Waals surface area contributed by atoms with Crippen LogP contribution in [0, 0.1) is 6.92 Å². The third kappa shape index (κ3) is 1.97. The van der Waals surface area contributed by atoms with E-state index in [2.05, 4.69) is 0 Å². The molecular formula is C13H11ClO. The summed E-state index contributed by atoms with van der Waals surface area (Å²) in [4.78, 5) is 0. The van der Waals surface area contributed by atoms with Crippen LogP contribution < -0.4 is 0 Å². The average Bonchev–Trinajstić information content (AvgIpc) is 2.23. The van der Waals surface area contributed by atoms with Crippen molar-refractivity contribution in [1.82, 2.24) is 0 Å². The van der Waals surface area contributed by atoms with Crippen LogP contribution in [0.1, 0.15) is 5.56 Å². The van der Waals surface area contributed by atoms with E-state index in [9.17, 15) is 5.11 Å². The van der Waals surface area contributed by atoms with Gasteiger partial charge in [-0.05, 0) is 30.2 Å². The number of aromatic hydroxyl groups is 1. The molecule has 0 heterocycles. The summed E-state index contributed by atoms with van der Waals surface area (Å²) in [6, 6.07) is 13.2. The lowest BCUT2D eigenvalue weighted by molar-refractivity contribution is 0.471. The topological polar surface area (TPSA) is 20.2 Å². The Hall–Kier alpha value is -1.47. The first kappa shape index (κ1) is 10.1. The molecule has 0 bridgehead atoms. The quantitative estimate of drug-likeness (QED) is 0.767. The molecule has 0 atom stereocenters. The zero-order chi connectivity index (χ0) is 10.8. The molecule has 2 aromatic rings. The van der Waals surface area contributed by atoms with Gasteiger partial charge in [-0.1, -0.05) is 41.9 Å². The van der Waals surface area contributed by atoms with Gasteiger partial charge in [-0.3, -0.25) is 0 Å². The minimum absolute atomic E-state index is 0.299. The molecule has 1 N–H and O–H groups in total. The molecule has 0 amide bonds. The van der Waals surface area contributed by atoms with Crippen LogP contribution >= 0.6 is 11.6 Å². The van der Waals surface area contributed by atoms with E-state index < -0.39 is 0 Å². The molecule has 2 rings (SSSR count). The normalized spacial score (nSPS) is 10.3. The summed E-state index contributed by atoms with van der Waals surface area (Å²) in [5.74, 6) is 0.299. The fourth-order valence-electron chi connectivity index (χ4n) is 1.47. The minimum atomic E-state index is 0.299. The summed E-state index contributed by atoms with van der Waals surface area (Å²) in [5.41, 5.74) is 2.74. The van der Waals surface area contributed by atoms with Crippen molar-refractivity contribution in [2.75, 3.05) is 0 Å². The van der Waals surface area contributed by atoms with Gasteiger partial charge in [0.15, 0.2) is 0 Å². The van der Waals surface area contributed by atoms with Crippen LogP contribution in [-0.4, -0.2) is 5.11 Å². The van der Waals surface area contributed by atoms with Crippen LogP contribution in [0.25, 0.3) is 11.1 Å². The molecule has 2 heteroatoms. The highest BCUT2D eigenvalue weighted by Crippen LogP contribution is 2.30. The summed E-state index contributed by atoms with van der Waals surface area (Å²) in [6.07, 6.45) is 0. The maximum atomic E-state index is 9.61. The van der Waals surface area contributed by atoms with Gasteiger partial charge in [-0.25, -0.2) is 0 Å². The van der Waals surface area contributed by atoms with E-state index >= 15 is 0 Å². The zero-order valence-electron chi connectivity index (χ0n) is 8.37. The van der Waals surface area contributed by atoms with Crippen molar-refractivity contribution >= 4 is 11.6 Å². The van der Waals surface area contributed by atoms with E-state index in [0.29, 0.717) is 10.8 Å². The molecule has 0 aliphatic heterocycles. The minimum Gasteiger partial charge on any atom is -0.508 e. The van der Waals surface area contributed by atoms with Gasteiger partial charge in [0.2, 0.25) is 0 Å². The van der Waals surface area contributed by atoms with Crippen LogP contribution in [0.2, 0.25) is 5.02 Å². The van der Waals surface area contributed by atoms with Crippen molar-refractivity contribution in [2.24, 2.45) is 0 Å². The summed E-state index contributed by atoms with van der Waals surface area (Å²) in [7, 11) is 0. The fraction of sp³-hybridized carbons (Fsp3) is 0.0769. The van der Waals surface area contributed by atoms with Gasteiger partial charge < -0.3 is 5.11 Å². The lowest BCUT2D eigenvalue weighted by Crippen LogP contribution is -1.81. The van der Waals surface area contributed by atoms with E-state index in [0.717, 1.165) is 16.7 Å². The third-order valence-corrected chi connectivity index (χ3v) is 2.72. The molecule has 1 nitrogen and oxygen atoms in total. The molecule has 0 fully saturated rings. The van der Waals surface area contributed by atoms with Gasteiger partial charge in [0.25, 0.3) is 0 Å². The van der Waals surface area contributed by atoms with Crippen LogP contribution in [0.4, 0.5) is 0 Å². The zero-order valence-corrected chi connectivity index (χ0v) is 9.12. The maximum Gasteiger partial charge on any atom is 0.119 e. The number of benzene rings is 2. The number of rotatable bonds is 1. The molecule has 0 radical (unpaired) electrons. The second kappa shape index (κ2) is 3.95. The molecule has 0 aromatic heterocycles. The van der Waals surface area contributed by atoms with E-state index in [1.807, 2.05) is 43.3 Å². The molecule has 0 spiro atoms. The fourth-order valence-corrected chi connectivity index (χ4v) is 1.72. The first-order valence-electron chi connectivity index (χ1n) is 4.73. The molecule has 0 saturated heterocycles. The van der Waals surface area contributed by atoms with Crippen molar-refractivity contribution in [3.63, 3.8) is 0 Å². The van der Waals surface area contributed by atoms with Gasteiger partial charge in [-0.2, -0.15) is 0 Å². The van der Waals surface area contributed by atoms with Gasteiger partial charge in [0, 0.05) is 10.6 Å². The number of phenols is 1. The van der Waals surface area contributed by atoms with Crippen LogP contribution in [0.5, 0.6) is 5.75 Å². The van der Waals surface area contributed by atoms with Crippen LogP contribution in [0.15, 0.2) is 42.5 Å². The van der Waals surface area contributed by atoms with Crippen molar-refractivity contribution in [3.8, 4) is 16.9 Å². The second-order valence-corrected chi connectivity index (χ2v) is 3.89. The summed E-state index contributed by atoms with van der Waals surface area (Å²) < 4.78 is 0. The second-order valence-electron chi connectivity index (χ2n) is 3.48. The highest BCUT2D eigenvalue weighted by molar-refractivity contribution is 6.33. The lowest BCUT2D eigenvalue weighted by Gasteiger charge is -2.06. The highest BCUT2D eigenvalue weighted by atomic mass is 35.5. The van der Waals surface area contributed by atoms with E-state index in [1.54, 1.807) is 6.07 Å². The summed E-state index contributed by atoms with van der Waals surface area (Å²) in [5, 5.41) is 10.3. The Kier molecular flexibility index (Phi) is 2.65. The Balaban J connectivity index is 2.55. The number of phenolic OH excluding ortho intramolecular Hbond substituents is 1. The molecule has 0 unspecified atom stereocenters. The molecular weight excluding hydrogens is 208 g/mol. The number of hydrogen-bond acceptors (Lipinski definition) is 1. The van der Waals surface area contributed by atoms with Gasteiger partial charge >= 0.3 is 0 Å². The lowest BCUT2D eigenvalue weighted by atomic mass is 10.0.